The summed E-state index contributed by atoms with van der Waals surface area (Å²) in [4.78, 5) is 11.7. The molecule has 0 heterocycles. The number of carbonyl (C=O) groups is 1. The van der Waals surface area contributed by atoms with Gasteiger partial charge in [0, 0.05) is 13.2 Å². The van der Waals surface area contributed by atoms with Gasteiger partial charge < -0.3 is 15.2 Å². The zero-order valence-electron chi connectivity index (χ0n) is 11.8. The number of rotatable bonds is 6. The van der Waals surface area contributed by atoms with Gasteiger partial charge in [-0.25, -0.2) is 4.79 Å². The highest BCUT2D eigenvalue weighted by molar-refractivity contribution is 5.67. The van der Waals surface area contributed by atoms with Crippen molar-refractivity contribution < 1.29 is 14.6 Å². The number of ether oxygens (including phenoxy) is 1. The lowest BCUT2D eigenvalue weighted by atomic mass is 10.1. The second-order valence-corrected chi connectivity index (χ2v) is 4.66. The van der Waals surface area contributed by atoms with Crippen molar-refractivity contribution in [2.45, 2.75) is 19.6 Å². The van der Waals surface area contributed by atoms with Crippen LogP contribution in [0.2, 0.25) is 0 Å². The summed E-state index contributed by atoms with van der Waals surface area (Å²) in [7, 11) is 0. The third kappa shape index (κ3) is 4.93. The summed E-state index contributed by atoms with van der Waals surface area (Å²) in [6.45, 7) is 0.728. The van der Waals surface area contributed by atoms with Gasteiger partial charge in [0.1, 0.15) is 6.61 Å². The molecule has 0 saturated heterocycles. The molecule has 0 atom stereocenters. The van der Waals surface area contributed by atoms with Crippen molar-refractivity contribution in [1.82, 2.24) is 5.32 Å². The second kappa shape index (κ2) is 8.07. The van der Waals surface area contributed by atoms with Crippen molar-refractivity contribution in [2.24, 2.45) is 0 Å². The van der Waals surface area contributed by atoms with Crippen LogP contribution in [-0.4, -0.2) is 17.8 Å². The van der Waals surface area contributed by atoms with Crippen molar-refractivity contribution in [3.8, 4) is 0 Å². The van der Waals surface area contributed by atoms with Crippen LogP contribution in [0.5, 0.6) is 0 Å². The molecule has 2 aromatic carbocycles. The molecule has 0 spiro atoms. The average Bonchev–Trinajstić information content (AvgIpc) is 2.53. The first-order valence-electron chi connectivity index (χ1n) is 6.92. The Morgan fingerprint density at radius 2 is 1.67 bits per heavy atom. The number of alkyl carbamates (subject to hydrolysis) is 1. The Morgan fingerprint density at radius 1 is 1.00 bits per heavy atom. The van der Waals surface area contributed by atoms with Crippen molar-refractivity contribution in [2.75, 3.05) is 6.61 Å². The van der Waals surface area contributed by atoms with Gasteiger partial charge in [0.2, 0.25) is 0 Å². The minimum absolute atomic E-state index is 0.0806. The van der Waals surface area contributed by atoms with Gasteiger partial charge >= 0.3 is 6.09 Å². The lowest BCUT2D eigenvalue weighted by Gasteiger charge is -2.10. The molecule has 0 aromatic heterocycles. The summed E-state index contributed by atoms with van der Waals surface area (Å²) >= 11 is 0. The lowest BCUT2D eigenvalue weighted by molar-refractivity contribution is 0.138. The third-order valence-electron chi connectivity index (χ3n) is 3.14. The first-order chi connectivity index (χ1) is 10.3. The maximum atomic E-state index is 11.7. The average molecular weight is 285 g/mol. The van der Waals surface area contributed by atoms with Crippen LogP contribution in [0.15, 0.2) is 54.6 Å². The van der Waals surface area contributed by atoms with E-state index >= 15 is 0 Å². The summed E-state index contributed by atoms with van der Waals surface area (Å²) in [6, 6.07) is 17.3. The first kappa shape index (κ1) is 15.1. The Hall–Kier alpha value is -2.33. The standard InChI is InChI=1S/C17H19NO3/c19-11-10-15-8-4-5-9-16(15)13-21-17(20)18-12-14-6-2-1-3-7-14/h1-9,19H,10-13H2,(H,18,20). The van der Waals surface area contributed by atoms with Crippen LogP contribution in [0, 0.1) is 0 Å². The predicted octanol–water partition coefficient (Wildman–Crippen LogP) is 2.65. The minimum Gasteiger partial charge on any atom is -0.445 e. The van der Waals surface area contributed by atoms with E-state index in [1.54, 1.807) is 0 Å². The Bertz CT molecular complexity index is 569. The van der Waals surface area contributed by atoms with Crippen LogP contribution < -0.4 is 5.32 Å². The number of aliphatic hydroxyl groups is 1. The fourth-order valence-corrected chi connectivity index (χ4v) is 2.03. The number of nitrogens with one attached hydrogen (secondary N) is 1. The number of hydrogen-bond donors (Lipinski definition) is 2. The fraction of sp³-hybridized carbons (Fsp3) is 0.235. The van der Waals surface area contributed by atoms with Crippen LogP contribution in [0.25, 0.3) is 0 Å². The van der Waals surface area contributed by atoms with Gasteiger partial charge in [-0.3, -0.25) is 0 Å². The highest BCUT2D eigenvalue weighted by atomic mass is 16.5. The van der Waals surface area contributed by atoms with E-state index in [1.165, 1.54) is 0 Å². The molecule has 4 heteroatoms. The maximum Gasteiger partial charge on any atom is 0.407 e. The molecule has 0 saturated carbocycles. The largest absolute Gasteiger partial charge is 0.445 e. The molecule has 0 radical (unpaired) electrons. The fourth-order valence-electron chi connectivity index (χ4n) is 2.03. The number of hydrogen-bond acceptors (Lipinski definition) is 3. The van der Waals surface area contributed by atoms with E-state index in [-0.39, 0.29) is 13.2 Å². The normalized spacial score (nSPS) is 10.1. The van der Waals surface area contributed by atoms with Crippen LogP contribution in [-0.2, 0) is 24.3 Å². The molecule has 2 aromatic rings. The van der Waals surface area contributed by atoms with E-state index in [0.29, 0.717) is 13.0 Å². The van der Waals surface area contributed by atoms with Crippen molar-refractivity contribution >= 4 is 6.09 Å². The van der Waals surface area contributed by atoms with Crippen molar-refractivity contribution in [1.29, 1.82) is 0 Å². The molecule has 2 rings (SSSR count). The lowest BCUT2D eigenvalue weighted by Crippen LogP contribution is -2.23. The minimum atomic E-state index is -0.447. The van der Waals surface area contributed by atoms with Crippen molar-refractivity contribution in [3.05, 3.63) is 71.3 Å². The Labute approximate surface area is 124 Å². The van der Waals surface area contributed by atoms with Gasteiger partial charge in [-0.15, -0.1) is 0 Å². The summed E-state index contributed by atoms with van der Waals surface area (Å²) in [5, 5.41) is 11.7. The summed E-state index contributed by atoms with van der Waals surface area (Å²) < 4.78 is 5.21. The number of carbonyl (C=O) groups excluding carboxylic acids is 1. The van der Waals surface area contributed by atoms with E-state index in [2.05, 4.69) is 5.32 Å². The van der Waals surface area contributed by atoms with Gasteiger partial charge in [-0.05, 0) is 23.1 Å². The molecule has 4 nitrogen and oxygen atoms in total. The molecule has 0 fully saturated rings. The van der Waals surface area contributed by atoms with Crippen LogP contribution in [0.4, 0.5) is 4.79 Å². The highest BCUT2D eigenvalue weighted by Crippen LogP contribution is 2.10. The molecular weight excluding hydrogens is 266 g/mol. The SMILES string of the molecule is O=C(NCc1ccccc1)OCc1ccccc1CCO. The van der Waals surface area contributed by atoms with Gasteiger partial charge in [0.05, 0.1) is 0 Å². The Balaban J connectivity index is 1.81. The predicted molar refractivity (Wildman–Crippen MR) is 80.7 cm³/mol. The second-order valence-electron chi connectivity index (χ2n) is 4.66. The van der Waals surface area contributed by atoms with Gasteiger partial charge in [0.25, 0.3) is 0 Å². The summed E-state index contributed by atoms with van der Waals surface area (Å²) in [5.74, 6) is 0. The molecule has 1 amide bonds. The molecule has 0 unspecified atom stereocenters. The van der Waals surface area contributed by atoms with E-state index in [0.717, 1.165) is 16.7 Å². The molecule has 21 heavy (non-hydrogen) atoms. The Kier molecular flexibility index (Phi) is 5.79. The molecule has 2 N–H and O–H groups in total. The summed E-state index contributed by atoms with van der Waals surface area (Å²) in [6.07, 6.45) is 0.114. The molecular formula is C17H19NO3. The van der Waals surface area contributed by atoms with Gasteiger partial charge in [0.15, 0.2) is 0 Å². The van der Waals surface area contributed by atoms with E-state index in [4.69, 9.17) is 9.84 Å². The Morgan fingerprint density at radius 3 is 2.38 bits per heavy atom. The van der Waals surface area contributed by atoms with E-state index in [9.17, 15) is 4.79 Å². The monoisotopic (exact) mass is 285 g/mol. The molecule has 0 aliphatic carbocycles. The van der Waals surface area contributed by atoms with E-state index < -0.39 is 6.09 Å². The molecule has 0 aliphatic rings. The summed E-state index contributed by atoms with van der Waals surface area (Å²) in [5.41, 5.74) is 2.94. The first-order valence-corrected chi connectivity index (χ1v) is 6.92. The quantitative estimate of drug-likeness (QED) is 0.858. The third-order valence-corrected chi connectivity index (χ3v) is 3.14. The van der Waals surface area contributed by atoms with Gasteiger partial charge in [-0.2, -0.15) is 0 Å². The zero-order valence-corrected chi connectivity index (χ0v) is 11.8. The van der Waals surface area contributed by atoms with Crippen LogP contribution in [0.1, 0.15) is 16.7 Å². The topological polar surface area (TPSA) is 58.6 Å². The maximum absolute atomic E-state index is 11.7. The molecule has 0 aliphatic heterocycles. The van der Waals surface area contributed by atoms with Crippen molar-refractivity contribution in [3.63, 3.8) is 0 Å². The smallest absolute Gasteiger partial charge is 0.407 e. The van der Waals surface area contributed by atoms with E-state index in [1.807, 2.05) is 54.6 Å². The number of benzene rings is 2. The zero-order chi connectivity index (χ0) is 14.9. The highest BCUT2D eigenvalue weighted by Gasteiger charge is 2.06. The molecule has 110 valence electrons. The number of aliphatic hydroxyl groups excluding tert-OH is 1. The molecule has 0 bridgehead atoms. The number of amides is 1. The van der Waals surface area contributed by atoms with Crippen LogP contribution >= 0.6 is 0 Å². The van der Waals surface area contributed by atoms with Crippen LogP contribution in [0.3, 0.4) is 0 Å². The van der Waals surface area contributed by atoms with Gasteiger partial charge in [-0.1, -0.05) is 54.6 Å².